The third kappa shape index (κ3) is 2.98. The molecule has 1 aromatic carbocycles. The highest BCUT2D eigenvalue weighted by molar-refractivity contribution is 7.80. The van der Waals surface area contributed by atoms with Crippen molar-refractivity contribution >= 4 is 28.8 Å². The number of piperidine rings is 1. The van der Waals surface area contributed by atoms with Gasteiger partial charge >= 0.3 is 0 Å². The van der Waals surface area contributed by atoms with Crippen molar-refractivity contribution in [2.75, 3.05) is 11.9 Å². The molecule has 0 spiro atoms. The van der Waals surface area contributed by atoms with Crippen LogP contribution in [0.3, 0.4) is 0 Å². The average molecular weight is 263 g/mol. The van der Waals surface area contributed by atoms with E-state index in [0.29, 0.717) is 18.0 Å². The van der Waals surface area contributed by atoms with Crippen LogP contribution in [0.1, 0.15) is 24.0 Å². The maximum Gasteiger partial charge on any atom is 0.220 e. The molecule has 1 saturated heterocycles. The second-order valence-corrected chi connectivity index (χ2v) is 5.02. The minimum Gasteiger partial charge on any atom is -0.389 e. The lowest BCUT2D eigenvalue weighted by Crippen LogP contribution is -2.42. The van der Waals surface area contributed by atoms with Gasteiger partial charge in [-0.1, -0.05) is 12.2 Å². The summed E-state index contributed by atoms with van der Waals surface area (Å²) in [7, 11) is 0. The molecule has 1 heterocycles. The van der Waals surface area contributed by atoms with Gasteiger partial charge in [0.15, 0.2) is 0 Å². The molecule has 1 unspecified atom stereocenters. The van der Waals surface area contributed by atoms with Crippen LogP contribution in [0.5, 0.6) is 0 Å². The van der Waals surface area contributed by atoms with Crippen LogP contribution in [0.25, 0.3) is 0 Å². The van der Waals surface area contributed by atoms with Crippen molar-refractivity contribution in [2.45, 2.75) is 25.8 Å². The number of carbonyl (C=O) groups excluding carboxylic acids is 1. The fraction of sp³-hybridized carbons (Fsp3) is 0.385. The van der Waals surface area contributed by atoms with Crippen LogP contribution in [0, 0.1) is 6.92 Å². The highest BCUT2D eigenvalue weighted by Gasteiger charge is 2.18. The Bertz CT molecular complexity index is 477. The van der Waals surface area contributed by atoms with Crippen molar-refractivity contribution < 1.29 is 4.79 Å². The standard InChI is InChI=1S/C13H17N3OS/c1-8-6-9(13(14)18)2-4-11(8)16-10-3-5-12(17)15-7-10/h2,4,6,10,16H,3,5,7H2,1H3,(H2,14,18)(H,15,17). The summed E-state index contributed by atoms with van der Waals surface area (Å²) < 4.78 is 0. The number of aryl methyl sites for hydroxylation is 1. The molecule has 4 nitrogen and oxygen atoms in total. The molecule has 1 aliphatic rings. The summed E-state index contributed by atoms with van der Waals surface area (Å²) in [6, 6.07) is 6.17. The molecule has 4 N–H and O–H groups in total. The highest BCUT2D eigenvalue weighted by atomic mass is 32.1. The van der Waals surface area contributed by atoms with Gasteiger partial charge in [0.1, 0.15) is 4.99 Å². The molecule has 1 aromatic rings. The summed E-state index contributed by atoms with van der Waals surface area (Å²) in [4.78, 5) is 11.5. The number of rotatable bonds is 3. The molecule has 0 aromatic heterocycles. The Balaban J connectivity index is 2.05. The lowest BCUT2D eigenvalue weighted by molar-refractivity contribution is -0.122. The Morgan fingerprint density at radius 1 is 1.56 bits per heavy atom. The molecular weight excluding hydrogens is 246 g/mol. The first kappa shape index (κ1) is 12.8. The average Bonchev–Trinajstić information content (AvgIpc) is 2.34. The van der Waals surface area contributed by atoms with Crippen molar-refractivity contribution in [1.29, 1.82) is 0 Å². The van der Waals surface area contributed by atoms with E-state index in [4.69, 9.17) is 18.0 Å². The van der Waals surface area contributed by atoms with Crippen LogP contribution >= 0.6 is 12.2 Å². The van der Waals surface area contributed by atoms with Crippen molar-refractivity contribution in [3.8, 4) is 0 Å². The molecule has 1 aliphatic heterocycles. The Morgan fingerprint density at radius 2 is 2.33 bits per heavy atom. The molecular formula is C13H17N3OS. The van der Waals surface area contributed by atoms with Crippen LogP contribution in [0.4, 0.5) is 5.69 Å². The monoisotopic (exact) mass is 263 g/mol. The molecule has 0 saturated carbocycles. The Hall–Kier alpha value is -1.62. The number of hydrogen-bond donors (Lipinski definition) is 3. The predicted molar refractivity (Wildman–Crippen MR) is 76.7 cm³/mol. The first-order valence-corrected chi connectivity index (χ1v) is 6.41. The van der Waals surface area contributed by atoms with Gasteiger partial charge in [-0.05, 0) is 37.1 Å². The maximum atomic E-state index is 11.1. The molecule has 18 heavy (non-hydrogen) atoms. The summed E-state index contributed by atoms with van der Waals surface area (Å²) in [6.45, 7) is 2.70. The van der Waals surface area contributed by atoms with Crippen LogP contribution in [0.15, 0.2) is 18.2 Å². The van der Waals surface area contributed by atoms with Crippen molar-refractivity contribution in [1.82, 2.24) is 5.32 Å². The molecule has 1 amide bonds. The van der Waals surface area contributed by atoms with E-state index in [1.54, 1.807) is 0 Å². The fourth-order valence-electron chi connectivity index (χ4n) is 2.05. The fourth-order valence-corrected chi connectivity index (χ4v) is 2.18. The van der Waals surface area contributed by atoms with Gasteiger partial charge < -0.3 is 16.4 Å². The third-order valence-electron chi connectivity index (χ3n) is 3.14. The first-order valence-electron chi connectivity index (χ1n) is 6.00. The molecule has 1 fully saturated rings. The van der Waals surface area contributed by atoms with E-state index < -0.39 is 0 Å². The van der Waals surface area contributed by atoms with Gasteiger partial charge in [0, 0.05) is 30.3 Å². The van der Waals surface area contributed by atoms with Crippen LogP contribution < -0.4 is 16.4 Å². The Kier molecular flexibility index (Phi) is 3.81. The van der Waals surface area contributed by atoms with Crippen LogP contribution in [-0.4, -0.2) is 23.5 Å². The number of anilines is 1. The van der Waals surface area contributed by atoms with Crippen molar-refractivity contribution in [3.05, 3.63) is 29.3 Å². The van der Waals surface area contributed by atoms with E-state index in [-0.39, 0.29) is 11.9 Å². The van der Waals surface area contributed by atoms with E-state index in [9.17, 15) is 4.79 Å². The number of nitrogens with two attached hydrogens (primary N) is 1. The zero-order valence-corrected chi connectivity index (χ0v) is 11.1. The van der Waals surface area contributed by atoms with Gasteiger partial charge in [0.05, 0.1) is 0 Å². The normalized spacial score (nSPS) is 19.2. The van der Waals surface area contributed by atoms with E-state index in [0.717, 1.165) is 23.2 Å². The van der Waals surface area contributed by atoms with Gasteiger partial charge in [-0.15, -0.1) is 0 Å². The third-order valence-corrected chi connectivity index (χ3v) is 3.37. The van der Waals surface area contributed by atoms with Gasteiger partial charge in [-0.3, -0.25) is 4.79 Å². The summed E-state index contributed by atoms with van der Waals surface area (Å²) in [5.74, 6) is 0.133. The van der Waals surface area contributed by atoms with Crippen molar-refractivity contribution in [2.24, 2.45) is 5.73 Å². The molecule has 0 radical (unpaired) electrons. The number of hydrogen-bond acceptors (Lipinski definition) is 3. The molecule has 96 valence electrons. The lowest BCUT2D eigenvalue weighted by atomic mass is 10.0. The van der Waals surface area contributed by atoms with Crippen LogP contribution in [-0.2, 0) is 4.79 Å². The topological polar surface area (TPSA) is 67.1 Å². The van der Waals surface area contributed by atoms with E-state index in [1.165, 1.54) is 0 Å². The predicted octanol–water partition coefficient (Wildman–Crippen LogP) is 1.32. The number of nitrogens with one attached hydrogen (secondary N) is 2. The number of carbonyl (C=O) groups is 1. The molecule has 0 bridgehead atoms. The molecule has 2 rings (SSSR count). The van der Waals surface area contributed by atoms with Crippen molar-refractivity contribution in [3.63, 3.8) is 0 Å². The lowest BCUT2D eigenvalue weighted by Gasteiger charge is -2.25. The molecule has 5 heteroatoms. The second-order valence-electron chi connectivity index (χ2n) is 4.58. The number of benzene rings is 1. The van der Waals surface area contributed by atoms with Crippen LogP contribution in [0.2, 0.25) is 0 Å². The second kappa shape index (κ2) is 5.35. The summed E-state index contributed by atoms with van der Waals surface area (Å²) in [6.07, 6.45) is 1.45. The quantitative estimate of drug-likeness (QED) is 0.720. The first-order chi connectivity index (χ1) is 8.56. The summed E-state index contributed by atoms with van der Waals surface area (Å²) in [5.41, 5.74) is 8.65. The smallest absolute Gasteiger partial charge is 0.220 e. The van der Waals surface area contributed by atoms with Gasteiger partial charge in [-0.25, -0.2) is 0 Å². The summed E-state index contributed by atoms with van der Waals surface area (Å²) >= 11 is 4.95. The molecule has 1 atom stereocenters. The number of thiocarbonyl (C=S) groups is 1. The van der Waals surface area contributed by atoms with Gasteiger partial charge in [-0.2, -0.15) is 0 Å². The SMILES string of the molecule is Cc1cc(C(N)=S)ccc1NC1CCC(=O)NC1. The number of amides is 1. The minimum absolute atomic E-state index is 0.133. The highest BCUT2D eigenvalue weighted by Crippen LogP contribution is 2.19. The Labute approximate surface area is 112 Å². The molecule has 0 aliphatic carbocycles. The summed E-state index contributed by atoms with van der Waals surface area (Å²) in [5, 5.41) is 6.30. The van der Waals surface area contributed by atoms with E-state index in [2.05, 4.69) is 10.6 Å². The zero-order chi connectivity index (χ0) is 13.1. The zero-order valence-electron chi connectivity index (χ0n) is 10.3. The minimum atomic E-state index is 0.133. The Morgan fingerprint density at radius 3 is 2.89 bits per heavy atom. The largest absolute Gasteiger partial charge is 0.389 e. The van der Waals surface area contributed by atoms with Gasteiger partial charge in [0.2, 0.25) is 5.91 Å². The van der Waals surface area contributed by atoms with Gasteiger partial charge in [0.25, 0.3) is 0 Å². The van der Waals surface area contributed by atoms with E-state index >= 15 is 0 Å². The van der Waals surface area contributed by atoms with E-state index in [1.807, 2.05) is 25.1 Å². The maximum absolute atomic E-state index is 11.1.